The molecule has 0 unspecified atom stereocenters. The smallest absolute Gasteiger partial charge is 0.0456 e. The molecule has 0 aliphatic heterocycles. The van der Waals surface area contributed by atoms with E-state index in [2.05, 4.69) is 31.2 Å². The lowest BCUT2D eigenvalue weighted by Gasteiger charge is -2.06. The Hall–Kier alpha value is -0.470. The van der Waals surface area contributed by atoms with E-state index in [9.17, 15) is 0 Å². The molecule has 1 aromatic rings. The highest BCUT2D eigenvalue weighted by Crippen LogP contribution is 2.19. The van der Waals surface area contributed by atoms with Gasteiger partial charge in [-0.25, -0.2) is 0 Å². The zero-order valence-electron chi connectivity index (χ0n) is 7.94. The van der Waals surface area contributed by atoms with Crippen LogP contribution in [0.3, 0.4) is 0 Å². The quantitative estimate of drug-likeness (QED) is 0.731. The average molecular weight is 196 g/mol. The van der Waals surface area contributed by atoms with Gasteiger partial charge in [0, 0.05) is 11.5 Å². The molecule has 0 saturated carbocycles. The highest BCUT2D eigenvalue weighted by atomic mass is 32.2. The second kappa shape index (κ2) is 6.06. The fourth-order valence-corrected chi connectivity index (χ4v) is 2.09. The summed E-state index contributed by atoms with van der Waals surface area (Å²) in [6.07, 6.45) is 1.08. The monoisotopic (exact) mass is 196 g/mol. The van der Waals surface area contributed by atoms with Gasteiger partial charge in [0.1, 0.15) is 0 Å². The van der Waals surface area contributed by atoms with E-state index in [1.165, 1.54) is 4.90 Å². The Balaban J connectivity index is 2.20. The minimum atomic E-state index is 0.301. The van der Waals surface area contributed by atoms with Gasteiger partial charge >= 0.3 is 0 Å². The van der Waals surface area contributed by atoms with Crippen LogP contribution >= 0.6 is 11.8 Å². The molecule has 0 amide bonds. The van der Waals surface area contributed by atoms with Crippen LogP contribution in [0.1, 0.15) is 13.3 Å². The summed E-state index contributed by atoms with van der Waals surface area (Å²) in [5, 5.41) is 8.82. The highest BCUT2D eigenvalue weighted by molar-refractivity contribution is 7.99. The van der Waals surface area contributed by atoms with Crippen LogP contribution in [0.2, 0.25) is 0 Å². The Labute approximate surface area is 84.2 Å². The molecule has 0 heterocycles. The number of hydrogen-bond acceptors (Lipinski definition) is 2. The summed E-state index contributed by atoms with van der Waals surface area (Å²) in [5.41, 5.74) is 0. The van der Waals surface area contributed by atoms with Crippen molar-refractivity contribution in [2.45, 2.75) is 18.2 Å². The lowest BCUT2D eigenvalue weighted by molar-refractivity contribution is 0.235. The summed E-state index contributed by atoms with van der Waals surface area (Å²) in [6.45, 7) is 2.38. The molecule has 0 aliphatic carbocycles. The first-order valence-corrected chi connectivity index (χ1v) is 5.60. The van der Waals surface area contributed by atoms with Crippen molar-refractivity contribution < 1.29 is 5.11 Å². The van der Waals surface area contributed by atoms with Crippen molar-refractivity contribution in [1.82, 2.24) is 0 Å². The fraction of sp³-hybridized carbons (Fsp3) is 0.455. The Morgan fingerprint density at radius 3 is 2.62 bits per heavy atom. The van der Waals surface area contributed by atoms with Gasteiger partial charge in [0.2, 0.25) is 0 Å². The lowest BCUT2D eigenvalue weighted by atomic mass is 10.1. The molecule has 0 bridgehead atoms. The molecule has 13 heavy (non-hydrogen) atoms. The van der Waals surface area contributed by atoms with E-state index < -0.39 is 0 Å². The van der Waals surface area contributed by atoms with Crippen LogP contribution in [-0.4, -0.2) is 17.5 Å². The SMILES string of the molecule is C[C@@H](CO)CCSc1ccccc1. The van der Waals surface area contributed by atoms with Crippen molar-refractivity contribution in [3.05, 3.63) is 30.3 Å². The zero-order valence-corrected chi connectivity index (χ0v) is 8.76. The van der Waals surface area contributed by atoms with Gasteiger partial charge in [0.15, 0.2) is 0 Å². The van der Waals surface area contributed by atoms with Gasteiger partial charge in [0.05, 0.1) is 0 Å². The van der Waals surface area contributed by atoms with Crippen LogP contribution in [0.25, 0.3) is 0 Å². The van der Waals surface area contributed by atoms with Crippen molar-refractivity contribution in [1.29, 1.82) is 0 Å². The first-order valence-electron chi connectivity index (χ1n) is 4.61. The summed E-state index contributed by atoms with van der Waals surface area (Å²) in [5.74, 6) is 1.52. The molecule has 2 heteroatoms. The summed E-state index contributed by atoms with van der Waals surface area (Å²) in [7, 11) is 0. The maximum Gasteiger partial charge on any atom is 0.0456 e. The third-order valence-corrected chi connectivity index (χ3v) is 2.98. The maximum atomic E-state index is 8.82. The van der Waals surface area contributed by atoms with Gasteiger partial charge in [-0.15, -0.1) is 11.8 Å². The van der Waals surface area contributed by atoms with Crippen LogP contribution in [0.4, 0.5) is 0 Å². The fourth-order valence-electron chi connectivity index (χ4n) is 0.986. The Morgan fingerprint density at radius 2 is 2.00 bits per heavy atom. The standard InChI is InChI=1S/C11H16OS/c1-10(9-12)7-8-13-11-5-3-2-4-6-11/h2-6,10,12H,7-9H2,1H3/t10-/m1/s1. The van der Waals surface area contributed by atoms with Crippen molar-refractivity contribution >= 4 is 11.8 Å². The Morgan fingerprint density at radius 1 is 1.31 bits per heavy atom. The molecule has 72 valence electrons. The van der Waals surface area contributed by atoms with Crippen molar-refractivity contribution in [3.63, 3.8) is 0 Å². The number of rotatable bonds is 5. The third-order valence-electron chi connectivity index (χ3n) is 1.93. The molecular weight excluding hydrogens is 180 g/mol. The molecule has 0 aliphatic rings. The van der Waals surface area contributed by atoms with Crippen LogP contribution in [-0.2, 0) is 0 Å². The predicted molar refractivity (Wildman–Crippen MR) is 58.0 cm³/mol. The van der Waals surface area contributed by atoms with E-state index in [4.69, 9.17) is 5.11 Å². The minimum absolute atomic E-state index is 0.301. The van der Waals surface area contributed by atoms with Crippen LogP contribution in [0, 0.1) is 5.92 Å². The maximum absolute atomic E-state index is 8.82. The van der Waals surface area contributed by atoms with Crippen molar-refractivity contribution in [3.8, 4) is 0 Å². The molecule has 0 spiro atoms. The number of thioether (sulfide) groups is 1. The van der Waals surface area contributed by atoms with E-state index in [0.717, 1.165) is 12.2 Å². The van der Waals surface area contributed by atoms with E-state index in [1.54, 1.807) is 0 Å². The third kappa shape index (κ3) is 4.34. The number of aliphatic hydroxyl groups is 1. The van der Waals surface area contributed by atoms with Crippen LogP contribution in [0.15, 0.2) is 35.2 Å². The van der Waals surface area contributed by atoms with Crippen LogP contribution in [0.5, 0.6) is 0 Å². The van der Waals surface area contributed by atoms with Crippen molar-refractivity contribution in [2.24, 2.45) is 5.92 Å². The molecule has 0 fully saturated rings. The van der Waals surface area contributed by atoms with E-state index in [1.807, 2.05) is 17.8 Å². The Kier molecular flexibility index (Phi) is 4.94. The molecule has 0 saturated heterocycles. The largest absolute Gasteiger partial charge is 0.396 e. The van der Waals surface area contributed by atoms with Gasteiger partial charge < -0.3 is 5.11 Å². The number of benzene rings is 1. The van der Waals surface area contributed by atoms with Crippen molar-refractivity contribution in [2.75, 3.05) is 12.4 Å². The lowest BCUT2D eigenvalue weighted by Crippen LogP contribution is -2.01. The molecule has 0 aromatic heterocycles. The summed E-state index contributed by atoms with van der Waals surface area (Å²) in [6, 6.07) is 10.4. The van der Waals surface area contributed by atoms with Gasteiger partial charge in [-0.05, 0) is 30.2 Å². The van der Waals surface area contributed by atoms with Gasteiger partial charge in [-0.2, -0.15) is 0 Å². The summed E-state index contributed by atoms with van der Waals surface area (Å²) >= 11 is 1.85. The summed E-state index contributed by atoms with van der Waals surface area (Å²) in [4.78, 5) is 1.31. The second-order valence-corrected chi connectivity index (χ2v) is 4.41. The van der Waals surface area contributed by atoms with E-state index >= 15 is 0 Å². The summed E-state index contributed by atoms with van der Waals surface area (Å²) < 4.78 is 0. The average Bonchev–Trinajstić information content (AvgIpc) is 2.19. The zero-order chi connectivity index (χ0) is 9.52. The van der Waals surface area contributed by atoms with Gasteiger partial charge in [-0.1, -0.05) is 25.1 Å². The van der Waals surface area contributed by atoms with Crippen LogP contribution < -0.4 is 0 Å². The highest BCUT2D eigenvalue weighted by Gasteiger charge is 1.99. The molecular formula is C11H16OS. The first kappa shape index (κ1) is 10.6. The number of aliphatic hydroxyl groups excluding tert-OH is 1. The molecule has 1 atom stereocenters. The molecule has 1 aromatic carbocycles. The molecule has 1 nitrogen and oxygen atoms in total. The van der Waals surface area contributed by atoms with Gasteiger partial charge in [0.25, 0.3) is 0 Å². The second-order valence-electron chi connectivity index (χ2n) is 3.24. The van der Waals surface area contributed by atoms with E-state index in [-0.39, 0.29) is 0 Å². The normalized spacial score (nSPS) is 12.8. The van der Waals surface area contributed by atoms with E-state index in [0.29, 0.717) is 12.5 Å². The van der Waals surface area contributed by atoms with Gasteiger partial charge in [-0.3, -0.25) is 0 Å². The topological polar surface area (TPSA) is 20.2 Å². The first-order chi connectivity index (χ1) is 6.33. The molecule has 0 radical (unpaired) electrons. The Bertz CT molecular complexity index is 223. The molecule has 1 rings (SSSR count). The molecule has 1 N–H and O–H groups in total. The predicted octanol–water partition coefficient (Wildman–Crippen LogP) is 2.80. The number of hydrogen-bond donors (Lipinski definition) is 1. The minimum Gasteiger partial charge on any atom is -0.396 e.